The van der Waals surface area contributed by atoms with Crippen LogP contribution in [-0.2, 0) is 4.79 Å². The first-order chi connectivity index (χ1) is 4.84. The predicted molar refractivity (Wildman–Crippen MR) is 44.2 cm³/mol. The van der Waals surface area contributed by atoms with Gasteiger partial charge in [-0.15, -0.1) is 11.3 Å². The van der Waals surface area contributed by atoms with Gasteiger partial charge >= 0.3 is 0 Å². The standard InChI is InChI=1S/C8H8OS/c1-7-4-6-10-8(7)3-2-5-9/h2-6H,1H3/b3-2+. The number of allylic oxidation sites excluding steroid dienone is 1. The lowest BCUT2D eigenvalue weighted by Gasteiger charge is -1.84. The largest absolute Gasteiger partial charge is 0.299 e. The molecule has 0 aliphatic heterocycles. The molecule has 0 N–H and O–H groups in total. The van der Waals surface area contributed by atoms with Crippen molar-refractivity contribution >= 4 is 23.7 Å². The zero-order valence-corrected chi connectivity index (χ0v) is 6.52. The van der Waals surface area contributed by atoms with Gasteiger partial charge in [-0.1, -0.05) is 0 Å². The molecule has 0 aliphatic carbocycles. The lowest BCUT2D eigenvalue weighted by molar-refractivity contribution is -0.104. The summed E-state index contributed by atoms with van der Waals surface area (Å²) >= 11 is 1.64. The first-order valence-corrected chi connectivity index (χ1v) is 3.88. The van der Waals surface area contributed by atoms with Crippen molar-refractivity contribution in [1.29, 1.82) is 0 Å². The molecule has 0 aliphatic rings. The van der Waals surface area contributed by atoms with E-state index in [1.807, 2.05) is 24.4 Å². The van der Waals surface area contributed by atoms with Crippen molar-refractivity contribution in [1.82, 2.24) is 0 Å². The Bertz CT molecular complexity index is 248. The van der Waals surface area contributed by atoms with Crippen LogP contribution >= 0.6 is 11.3 Å². The van der Waals surface area contributed by atoms with E-state index in [1.165, 1.54) is 11.6 Å². The summed E-state index contributed by atoms with van der Waals surface area (Å²) in [5, 5.41) is 2.01. The Balaban J connectivity index is 2.83. The minimum Gasteiger partial charge on any atom is -0.299 e. The van der Waals surface area contributed by atoms with Gasteiger partial charge in [0.1, 0.15) is 6.29 Å². The summed E-state index contributed by atoms with van der Waals surface area (Å²) in [6.07, 6.45) is 4.13. The summed E-state index contributed by atoms with van der Waals surface area (Å²) in [4.78, 5) is 11.1. The molecule has 0 saturated carbocycles. The van der Waals surface area contributed by atoms with Crippen LogP contribution in [0.3, 0.4) is 0 Å². The van der Waals surface area contributed by atoms with Crippen LogP contribution in [0.15, 0.2) is 17.5 Å². The van der Waals surface area contributed by atoms with Crippen molar-refractivity contribution < 1.29 is 4.79 Å². The number of carbonyl (C=O) groups is 1. The molecular weight excluding hydrogens is 144 g/mol. The summed E-state index contributed by atoms with van der Waals surface area (Å²) in [6.45, 7) is 2.03. The average Bonchev–Trinajstić information content (AvgIpc) is 2.31. The Hall–Kier alpha value is -0.890. The zero-order valence-electron chi connectivity index (χ0n) is 5.70. The highest BCUT2D eigenvalue weighted by molar-refractivity contribution is 7.11. The van der Waals surface area contributed by atoms with Gasteiger partial charge < -0.3 is 0 Å². The van der Waals surface area contributed by atoms with Gasteiger partial charge in [0.2, 0.25) is 0 Å². The highest BCUT2D eigenvalue weighted by Crippen LogP contribution is 2.16. The van der Waals surface area contributed by atoms with Crippen molar-refractivity contribution in [2.75, 3.05) is 0 Å². The molecule has 10 heavy (non-hydrogen) atoms. The smallest absolute Gasteiger partial charge is 0.142 e. The van der Waals surface area contributed by atoms with Gasteiger partial charge in [0.15, 0.2) is 0 Å². The number of rotatable bonds is 2. The minimum atomic E-state index is 0.791. The molecule has 0 amide bonds. The lowest BCUT2D eigenvalue weighted by atomic mass is 10.3. The van der Waals surface area contributed by atoms with Crippen LogP contribution in [0.2, 0.25) is 0 Å². The molecule has 0 aromatic carbocycles. The normalized spacial score (nSPS) is 10.5. The van der Waals surface area contributed by atoms with Gasteiger partial charge in [-0.2, -0.15) is 0 Å². The van der Waals surface area contributed by atoms with Crippen LogP contribution in [0, 0.1) is 6.92 Å². The fraction of sp³-hybridized carbons (Fsp3) is 0.125. The van der Waals surface area contributed by atoms with Crippen LogP contribution in [0.1, 0.15) is 10.4 Å². The molecule has 0 fully saturated rings. The zero-order chi connectivity index (χ0) is 7.40. The third-order valence-electron chi connectivity index (χ3n) is 1.23. The maximum atomic E-state index is 9.93. The van der Waals surface area contributed by atoms with E-state index in [4.69, 9.17) is 0 Å². The Morgan fingerprint density at radius 3 is 2.90 bits per heavy atom. The minimum absolute atomic E-state index is 0.791. The van der Waals surface area contributed by atoms with Gasteiger partial charge in [0, 0.05) is 4.88 Å². The second-order valence-corrected chi connectivity index (χ2v) is 2.91. The summed E-state index contributed by atoms with van der Waals surface area (Å²) in [5.74, 6) is 0. The highest BCUT2D eigenvalue weighted by atomic mass is 32.1. The van der Waals surface area contributed by atoms with E-state index >= 15 is 0 Å². The van der Waals surface area contributed by atoms with Gasteiger partial charge in [-0.3, -0.25) is 4.79 Å². The van der Waals surface area contributed by atoms with E-state index in [0.29, 0.717) is 0 Å². The van der Waals surface area contributed by atoms with Gasteiger partial charge in [-0.25, -0.2) is 0 Å². The number of hydrogen-bond acceptors (Lipinski definition) is 2. The molecule has 52 valence electrons. The Kier molecular flexibility index (Phi) is 2.40. The van der Waals surface area contributed by atoms with Gasteiger partial charge in [0.05, 0.1) is 0 Å². The molecule has 2 heteroatoms. The molecule has 1 nitrogen and oxygen atoms in total. The SMILES string of the molecule is Cc1ccsc1/C=C/C=O. The summed E-state index contributed by atoms with van der Waals surface area (Å²) < 4.78 is 0. The summed E-state index contributed by atoms with van der Waals surface area (Å²) in [6, 6.07) is 2.04. The first-order valence-electron chi connectivity index (χ1n) is 3.00. The maximum Gasteiger partial charge on any atom is 0.142 e. The van der Waals surface area contributed by atoms with Crippen LogP contribution in [0.25, 0.3) is 6.08 Å². The molecule has 1 heterocycles. The third kappa shape index (κ3) is 1.54. The van der Waals surface area contributed by atoms with Gasteiger partial charge in [-0.05, 0) is 36.1 Å². The number of carbonyl (C=O) groups excluding carboxylic acids is 1. The molecule has 0 saturated heterocycles. The van der Waals surface area contributed by atoms with E-state index in [2.05, 4.69) is 0 Å². The van der Waals surface area contributed by atoms with Gasteiger partial charge in [0.25, 0.3) is 0 Å². The van der Waals surface area contributed by atoms with E-state index < -0.39 is 0 Å². The topological polar surface area (TPSA) is 17.1 Å². The second-order valence-electron chi connectivity index (χ2n) is 1.96. The predicted octanol–water partition coefficient (Wildman–Crippen LogP) is 2.27. The molecule has 1 aromatic heterocycles. The molecule has 0 atom stereocenters. The van der Waals surface area contributed by atoms with Crippen LogP contribution in [0.5, 0.6) is 0 Å². The Morgan fingerprint density at radius 1 is 1.60 bits per heavy atom. The number of hydrogen-bond donors (Lipinski definition) is 0. The second kappa shape index (κ2) is 3.32. The van der Waals surface area contributed by atoms with Crippen molar-refractivity contribution in [3.63, 3.8) is 0 Å². The average molecular weight is 152 g/mol. The molecule has 0 bridgehead atoms. The molecule has 1 aromatic rings. The van der Waals surface area contributed by atoms with E-state index in [0.717, 1.165) is 11.2 Å². The van der Waals surface area contributed by atoms with Crippen molar-refractivity contribution in [2.24, 2.45) is 0 Å². The van der Waals surface area contributed by atoms with Crippen molar-refractivity contribution in [3.8, 4) is 0 Å². The molecule has 0 spiro atoms. The van der Waals surface area contributed by atoms with E-state index in [-0.39, 0.29) is 0 Å². The summed E-state index contributed by atoms with van der Waals surface area (Å²) in [5.41, 5.74) is 1.23. The number of aldehydes is 1. The molecule has 0 unspecified atom stereocenters. The van der Waals surface area contributed by atoms with Crippen LogP contribution in [0.4, 0.5) is 0 Å². The Labute approximate surface area is 64.0 Å². The molecule has 0 radical (unpaired) electrons. The lowest BCUT2D eigenvalue weighted by Crippen LogP contribution is -1.66. The summed E-state index contributed by atoms with van der Waals surface area (Å²) in [7, 11) is 0. The highest BCUT2D eigenvalue weighted by Gasteiger charge is 1.91. The van der Waals surface area contributed by atoms with E-state index in [1.54, 1.807) is 11.3 Å². The number of thiophene rings is 1. The fourth-order valence-electron chi connectivity index (χ4n) is 0.682. The number of aryl methyl sites for hydroxylation is 1. The fourth-order valence-corrected chi connectivity index (χ4v) is 1.51. The van der Waals surface area contributed by atoms with E-state index in [9.17, 15) is 4.79 Å². The molecular formula is C8H8OS. The van der Waals surface area contributed by atoms with Crippen molar-refractivity contribution in [2.45, 2.75) is 6.92 Å². The van der Waals surface area contributed by atoms with Crippen molar-refractivity contribution in [3.05, 3.63) is 28.0 Å². The Morgan fingerprint density at radius 2 is 2.40 bits per heavy atom. The molecule has 1 rings (SSSR count). The maximum absolute atomic E-state index is 9.93. The monoisotopic (exact) mass is 152 g/mol. The van der Waals surface area contributed by atoms with Crippen LogP contribution in [-0.4, -0.2) is 6.29 Å². The quantitative estimate of drug-likeness (QED) is 0.469. The first kappa shape index (κ1) is 7.22. The van der Waals surface area contributed by atoms with Crippen LogP contribution < -0.4 is 0 Å². The third-order valence-corrected chi connectivity index (χ3v) is 2.21.